The molecule has 1 aromatic carbocycles. The van der Waals surface area contributed by atoms with Crippen molar-refractivity contribution in [3.05, 3.63) is 29.8 Å². The Morgan fingerprint density at radius 3 is 2.86 bits per heavy atom. The number of fused-ring (bicyclic) bond motifs is 1. The van der Waals surface area contributed by atoms with Gasteiger partial charge in [-0.15, -0.1) is 0 Å². The van der Waals surface area contributed by atoms with Crippen molar-refractivity contribution in [2.45, 2.75) is 37.5 Å². The lowest BCUT2D eigenvalue weighted by Gasteiger charge is -2.48. The summed E-state index contributed by atoms with van der Waals surface area (Å²) in [5.74, 6) is 0.612. The molecule has 4 nitrogen and oxygen atoms in total. The highest BCUT2D eigenvalue weighted by Crippen LogP contribution is 2.50. The SMILES string of the molecule is COc1cccc(C23CCCCC2C(=O)N(C)C(=O)C3)c1. The molecule has 0 radical (unpaired) electrons. The first-order chi connectivity index (χ1) is 10.1. The number of rotatable bonds is 2. The molecule has 1 aromatic rings. The Labute approximate surface area is 125 Å². The number of hydrogen-bond acceptors (Lipinski definition) is 3. The second kappa shape index (κ2) is 5.17. The van der Waals surface area contributed by atoms with Crippen LogP contribution in [0.5, 0.6) is 5.75 Å². The maximum Gasteiger partial charge on any atom is 0.232 e. The van der Waals surface area contributed by atoms with Crippen molar-refractivity contribution < 1.29 is 14.3 Å². The van der Waals surface area contributed by atoms with Crippen molar-refractivity contribution in [2.24, 2.45) is 5.92 Å². The van der Waals surface area contributed by atoms with E-state index in [4.69, 9.17) is 4.74 Å². The number of benzene rings is 1. The number of nitrogens with zero attached hydrogens (tertiary/aromatic N) is 1. The van der Waals surface area contributed by atoms with Crippen LogP contribution < -0.4 is 4.74 Å². The molecular weight excluding hydrogens is 266 g/mol. The molecule has 1 saturated heterocycles. The van der Waals surface area contributed by atoms with Gasteiger partial charge in [0.15, 0.2) is 0 Å². The van der Waals surface area contributed by atoms with E-state index < -0.39 is 0 Å². The smallest absolute Gasteiger partial charge is 0.232 e. The molecule has 2 aliphatic rings. The van der Waals surface area contributed by atoms with Gasteiger partial charge in [0.05, 0.1) is 7.11 Å². The fraction of sp³-hybridized carbons (Fsp3) is 0.529. The second-order valence-electron chi connectivity index (χ2n) is 6.15. The Morgan fingerprint density at radius 2 is 2.10 bits per heavy atom. The first kappa shape index (κ1) is 14.1. The van der Waals surface area contributed by atoms with Crippen molar-refractivity contribution in [1.82, 2.24) is 4.90 Å². The zero-order chi connectivity index (χ0) is 15.0. The number of likely N-dealkylation sites (tertiary alicyclic amines) is 1. The van der Waals surface area contributed by atoms with Gasteiger partial charge in [-0.05, 0) is 30.5 Å². The van der Waals surface area contributed by atoms with Crippen molar-refractivity contribution in [3.63, 3.8) is 0 Å². The summed E-state index contributed by atoms with van der Waals surface area (Å²) in [6, 6.07) is 7.87. The van der Waals surface area contributed by atoms with Crippen molar-refractivity contribution >= 4 is 11.8 Å². The van der Waals surface area contributed by atoms with Crippen molar-refractivity contribution in [2.75, 3.05) is 14.2 Å². The topological polar surface area (TPSA) is 46.6 Å². The maximum absolute atomic E-state index is 12.6. The van der Waals surface area contributed by atoms with Crippen LogP contribution in [0.25, 0.3) is 0 Å². The molecule has 112 valence electrons. The summed E-state index contributed by atoms with van der Waals surface area (Å²) < 4.78 is 5.32. The average Bonchev–Trinajstić information content (AvgIpc) is 2.53. The van der Waals surface area contributed by atoms with Crippen molar-refractivity contribution in [1.29, 1.82) is 0 Å². The van der Waals surface area contributed by atoms with E-state index in [1.807, 2.05) is 24.3 Å². The minimum atomic E-state index is -0.340. The molecule has 1 aliphatic heterocycles. The molecule has 2 unspecified atom stereocenters. The number of carbonyl (C=O) groups is 2. The summed E-state index contributed by atoms with van der Waals surface area (Å²) >= 11 is 0. The molecule has 4 heteroatoms. The van der Waals surface area contributed by atoms with E-state index in [2.05, 4.69) is 0 Å². The van der Waals surface area contributed by atoms with Gasteiger partial charge in [-0.2, -0.15) is 0 Å². The predicted octanol–water partition coefficient (Wildman–Crippen LogP) is 2.51. The van der Waals surface area contributed by atoms with Crippen LogP contribution in [0.15, 0.2) is 24.3 Å². The lowest BCUT2D eigenvalue weighted by atomic mass is 9.58. The highest BCUT2D eigenvalue weighted by molar-refractivity contribution is 6.00. The molecule has 0 N–H and O–H groups in total. The molecule has 0 spiro atoms. The quantitative estimate of drug-likeness (QED) is 0.785. The van der Waals surface area contributed by atoms with E-state index in [0.29, 0.717) is 6.42 Å². The normalized spacial score (nSPS) is 29.2. The molecule has 2 amide bonds. The molecule has 1 heterocycles. The van der Waals surface area contributed by atoms with E-state index in [1.165, 1.54) is 4.90 Å². The third-order valence-corrected chi connectivity index (χ3v) is 5.15. The van der Waals surface area contributed by atoms with E-state index in [0.717, 1.165) is 37.0 Å². The summed E-state index contributed by atoms with van der Waals surface area (Å²) in [5, 5.41) is 0. The molecule has 3 rings (SSSR count). The Balaban J connectivity index is 2.09. The van der Waals surface area contributed by atoms with E-state index >= 15 is 0 Å². The lowest BCUT2D eigenvalue weighted by molar-refractivity contribution is -0.155. The van der Waals surface area contributed by atoms with Crippen LogP contribution in [0, 0.1) is 5.92 Å². The largest absolute Gasteiger partial charge is 0.497 e. The molecule has 0 aromatic heterocycles. The molecular formula is C17H21NO3. The summed E-state index contributed by atoms with van der Waals surface area (Å²) in [7, 11) is 3.24. The molecule has 1 saturated carbocycles. The predicted molar refractivity (Wildman–Crippen MR) is 79.0 cm³/mol. The van der Waals surface area contributed by atoms with Gasteiger partial charge in [0.1, 0.15) is 5.75 Å². The molecule has 21 heavy (non-hydrogen) atoms. The number of hydrogen-bond donors (Lipinski definition) is 0. The van der Waals surface area contributed by atoms with Gasteiger partial charge < -0.3 is 4.74 Å². The maximum atomic E-state index is 12.6. The summed E-state index contributed by atoms with van der Waals surface area (Å²) in [6.45, 7) is 0. The molecule has 0 bridgehead atoms. The number of piperidine rings is 1. The number of imide groups is 1. The Morgan fingerprint density at radius 1 is 1.29 bits per heavy atom. The van der Waals surface area contributed by atoms with Gasteiger partial charge in [0, 0.05) is 24.8 Å². The van der Waals surface area contributed by atoms with E-state index in [1.54, 1.807) is 14.2 Å². The zero-order valence-electron chi connectivity index (χ0n) is 12.6. The number of methoxy groups -OCH3 is 1. The second-order valence-corrected chi connectivity index (χ2v) is 6.15. The Kier molecular flexibility index (Phi) is 3.47. The average molecular weight is 287 g/mol. The van der Waals surface area contributed by atoms with Crippen LogP contribution in [-0.2, 0) is 15.0 Å². The zero-order valence-corrected chi connectivity index (χ0v) is 12.6. The fourth-order valence-electron chi connectivity index (χ4n) is 3.94. The fourth-order valence-corrected chi connectivity index (χ4v) is 3.94. The number of amides is 2. The van der Waals surface area contributed by atoms with Crippen LogP contribution in [0.3, 0.4) is 0 Å². The Hall–Kier alpha value is -1.84. The molecule has 2 fully saturated rings. The molecule has 1 aliphatic carbocycles. The van der Waals surface area contributed by atoms with Gasteiger partial charge in [-0.25, -0.2) is 0 Å². The lowest BCUT2D eigenvalue weighted by Crippen LogP contribution is -2.56. The highest BCUT2D eigenvalue weighted by Gasteiger charge is 2.52. The third-order valence-electron chi connectivity index (χ3n) is 5.15. The van der Waals surface area contributed by atoms with Crippen LogP contribution >= 0.6 is 0 Å². The van der Waals surface area contributed by atoms with Gasteiger partial charge >= 0.3 is 0 Å². The first-order valence-electron chi connectivity index (χ1n) is 7.53. The van der Waals surface area contributed by atoms with Gasteiger partial charge in [0.2, 0.25) is 11.8 Å². The summed E-state index contributed by atoms with van der Waals surface area (Å²) in [6.07, 6.45) is 4.32. The first-order valence-corrected chi connectivity index (χ1v) is 7.53. The van der Waals surface area contributed by atoms with Crippen LogP contribution in [0.2, 0.25) is 0 Å². The Bertz CT molecular complexity index is 583. The van der Waals surface area contributed by atoms with Crippen LogP contribution in [-0.4, -0.2) is 30.9 Å². The number of ether oxygens (including phenoxy) is 1. The third kappa shape index (κ3) is 2.13. The molecule has 2 atom stereocenters. The highest BCUT2D eigenvalue weighted by atomic mass is 16.5. The summed E-state index contributed by atoms with van der Waals surface area (Å²) in [4.78, 5) is 26.2. The standard InChI is InChI=1S/C17H21NO3/c1-18-15(19)11-17(9-4-3-8-14(17)16(18)20)12-6-5-7-13(10-12)21-2/h5-7,10,14H,3-4,8-9,11H2,1-2H3. The van der Waals surface area contributed by atoms with Gasteiger partial charge in [-0.1, -0.05) is 25.0 Å². The van der Waals surface area contributed by atoms with Crippen LogP contribution in [0.1, 0.15) is 37.7 Å². The van der Waals surface area contributed by atoms with Crippen molar-refractivity contribution in [3.8, 4) is 5.75 Å². The van der Waals surface area contributed by atoms with Gasteiger partial charge in [-0.3, -0.25) is 14.5 Å². The number of carbonyl (C=O) groups excluding carboxylic acids is 2. The van der Waals surface area contributed by atoms with Crippen LogP contribution in [0.4, 0.5) is 0 Å². The monoisotopic (exact) mass is 287 g/mol. The minimum absolute atomic E-state index is 0.0197. The minimum Gasteiger partial charge on any atom is -0.497 e. The van der Waals surface area contributed by atoms with Gasteiger partial charge in [0.25, 0.3) is 0 Å². The van der Waals surface area contributed by atoms with E-state index in [-0.39, 0.29) is 23.1 Å². The summed E-state index contributed by atoms with van der Waals surface area (Å²) in [5.41, 5.74) is 0.731. The van der Waals surface area contributed by atoms with E-state index in [9.17, 15) is 9.59 Å².